The molecule has 26 heavy (non-hydrogen) atoms. The highest BCUT2D eigenvalue weighted by atomic mass is 16.2. The van der Waals surface area contributed by atoms with Crippen LogP contribution in [0.25, 0.3) is 0 Å². The Hall–Kier alpha value is -2.83. The molecule has 0 aromatic carbocycles. The molecule has 1 aliphatic rings. The van der Waals surface area contributed by atoms with Crippen molar-refractivity contribution >= 4 is 11.8 Å². The second-order valence-corrected chi connectivity index (χ2v) is 6.36. The molecule has 0 unspecified atom stereocenters. The molecule has 0 bridgehead atoms. The van der Waals surface area contributed by atoms with Crippen LogP contribution in [0.3, 0.4) is 0 Å². The van der Waals surface area contributed by atoms with Gasteiger partial charge in [-0.3, -0.25) is 14.6 Å². The molecule has 3 heterocycles. The number of nitrogens with one attached hydrogen (secondary N) is 1. The fourth-order valence-electron chi connectivity index (χ4n) is 3.49. The monoisotopic (exact) mass is 353 g/mol. The highest BCUT2D eigenvalue weighted by Crippen LogP contribution is 2.36. The maximum atomic E-state index is 12.9. The molecule has 0 radical (unpaired) electrons. The minimum Gasteiger partial charge on any atom is -0.350 e. The summed E-state index contributed by atoms with van der Waals surface area (Å²) < 4.78 is 0. The van der Waals surface area contributed by atoms with Gasteiger partial charge in [0.05, 0.1) is 24.2 Å². The SMILES string of the molecule is CCN1C(=O)CC[C@H](C(=O)NCc2ccnc(C)n2)[C@H]1c1ccncc1. The first-order valence-corrected chi connectivity index (χ1v) is 8.85. The smallest absolute Gasteiger partial charge is 0.225 e. The molecule has 2 atom stereocenters. The largest absolute Gasteiger partial charge is 0.350 e. The van der Waals surface area contributed by atoms with E-state index < -0.39 is 0 Å². The van der Waals surface area contributed by atoms with Crippen LogP contribution in [0.15, 0.2) is 36.8 Å². The van der Waals surface area contributed by atoms with Crippen LogP contribution in [-0.4, -0.2) is 38.2 Å². The zero-order chi connectivity index (χ0) is 18.5. The summed E-state index contributed by atoms with van der Waals surface area (Å²) >= 11 is 0. The van der Waals surface area contributed by atoms with Gasteiger partial charge in [-0.1, -0.05) is 0 Å². The van der Waals surface area contributed by atoms with Crippen LogP contribution in [0.5, 0.6) is 0 Å². The normalized spacial score (nSPS) is 20.1. The number of nitrogens with zero attached hydrogens (tertiary/aromatic N) is 4. The van der Waals surface area contributed by atoms with E-state index >= 15 is 0 Å². The fraction of sp³-hybridized carbons (Fsp3) is 0.421. The van der Waals surface area contributed by atoms with Gasteiger partial charge in [-0.25, -0.2) is 9.97 Å². The molecule has 1 saturated heterocycles. The van der Waals surface area contributed by atoms with Crippen molar-refractivity contribution in [3.8, 4) is 0 Å². The van der Waals surface area contributed by atoms with E-state index in [4.69, 9.17) is 0 Å². The third kappa shape index (κ3) is 3.87. The second kappa shape index (κ2) is 8.03. The molecule has 3 rings (SSSR count). The lowest BCUT2D eigenvalue weighted by molar-refractivity contribution is -0.143. The molecule has 1 fully saturated rings. The molecule has 7 nitrogen and oxygen atoms in total. The van der Waals surface area contributed by atoms with Crippen molar-refractivity contribution in [1.29, 1.82) is 0 Å². The third-order valence-corrected chi connectivity index (χ3v) is 4.71. The van der Waals surface area contributed by atoms with E-state index in [9.17, 15) is 9.59 Å². The summed E-state index contributed by atoms with van der Waals surface area (Å²) in [6, 6.07) is 5.27. The number of pyridine rings is 1. The lowest BCUT2D eigenvalue weighted by Gasteiger charge is -2.40. The zero-order valence-electron chi connectivity index (χ0n) is 15.1. The number of aryl methyl sites for hydroxylation is 1. The van der Waals surface area contributed by atoms with Crippen LogP contribution < -0.4 is 5.32 Å². The molecule has 2 amide bonds. The lowest BCUT2D eigenvalue weighted by atomic mass is 9.84. The van der Waals surface area contributed by atoms with E-state index in [1.807, 2.05) is 26.0 Å². The van der Waals surface area contributed by atoms with Crippen molar-refractivity contribution in [2.45, 2.75) is 39.3 Å². The third-order valence-electron chi connectivity index (χ3n) is 4.71. The number of likely N-dealkylation sites (tertiary alicyclic amines) is 1. The molecular weight excluding hydrogens is 330 g/mol. The Morgan fingerprint density at radius 3 is 2.73 bits per heavy atom. The van der Waals surface area contributed by atoms with Gasteiger partial charge in [-0.2, -0.15) is 0 Å². The highest BCUT2D eigenvalue weighted by molar-refractivity contribution is 5.85. The first-order valence-electron chi connectivity index (χ1n) is 8.85. The molecule has 7 heteroatoms. The van der Waals surface area contributed by atoms with Gasteiger partial charge in [0, 0.05) is 31.6 Å². The van der Waals surface area contributed by atoms with Gasteiger partial charge in [0.2, 0.25) is 11.8 Å². The standard InChI is InChI=1S/C19H23N5O2/c1-3-24-17(25)5-4-16(18(24)14-6-9-20-10-7-14)19(26)22-12-15-8-11-21-13(2)23-15/h6-11,16,18H,3-5,12H2,1-2H3,(H,22,26)/t16-,18+/m0/s1. The minimum atomic E-state index is -0.294. The van der Waals surface area contributed by atoms with Gasteiger partial charge in [0.25, 0.3) is 0 Å². The van der Waals surface area contributed by atoms with Crippen LogP contribution in [-0.2, 0) is 16.1 Å². The van der Waals surface area contributed by atoms with E-state index in [-0.39, 0.29) is 23.8 Å². The number of aromatic nitrogens is 3. The molecular formula is C19H23N5O2. The Morgan fingerprint density at radius 1 is 1.27 bits per heavy atom. The number of rotatable bonds is 5. The summed E-state index contributed by atoms with van der Waals surface area (Å²) in [5.41, 5.74) is 1.71. The molecule has 136 valence electrons. The molecule has 1 N–H and O–H groups in total. The average Bonchev–Trinajstić information content (AvgIpc) is 2.66. The Morgan fingerprint density at radius 2 is 2.04 bits per heavy atom. The van der Waals surface area contributed by atoms with Crippen LogP contribution in [0, 0.1) is 12.8 Å². The second-order valence-electron chi connectivity index (χ2n) is 6.36. The number of carbonyl (C=O) groups is 2. The van der Waals surface area contributed by atoms with E-state index in [0.717, 1.165) is 11.3 Å². The van der Waals surface area contributed by atoms with Gasteiger partial charge in [0.1, 0.15) is 5.82 Å². The van der Waals surface area contributed by atoms with Crippen molar-refractivity contribution < 1.29 is 9.59 Å². The highest BCUT2D eigenvalue weighted by Gasteiger charge is 2.39. The predicted molar refractivity (Wildman–Crippen MR) is 95.7 cm³/mol. The Labute approximate surface area is 152 Å². The van der Waals surface area contributed by atoms with E-state index in [1.54, 1.807) is 29.6 Å². The van der Waals surface area contributed by atoms with Crippen LogP contribution in [0.1, 0.15) is 42.9 Å². The summed E-state index contributed by atoms with van der Waals surface area (Å²) in [7, 11) is 0. The predicted octanol–water partition coefficient (Wildman–Crippen LogP) is 1.80. The van der Waals surface area contributed by atoms with Gasteiger partial charge >= 0.3 is 0 Å². The fourth-order valence-corrected chi connectivity index (χ4v) is 3.49. The molecule has 0 spiro atoms. The van der Waals surface area contributed by atoms with Crippen molar-refractivity contribution in [3.63, 3.8) is 0 Å². The summed E-state index contributed by atoms with van der Waals surface area (Å²) in [6.07, 6.45) is 6.00. The van der Waals surface area contributed by atoms with Crippen molar-refractivity contribution in [2.75, 3.05) is 6.54 Å². The van der Waals surface area contributed by atoms with Crippen LogP contribution in [0.4, 0.5) is 0 Å². The van der Waals surface area contributed by atoms with E-state index in [1.165, 1.54) is 0 Å². The number of hydrogen-bond acceptors (Lipinski definition) is 5. The Balaban J connectivity index is 1.79. The van der Waals surface area contributed by atoms with Gasteiger partial charge < -0.3 is 10.2 Å². The molecule has 0 saturated carbocycles. The topological polar surface area (TPSA) is 88.1 Å². The maximum Gasteiger partial charge on any atom is 0.225 e. The summed E-state index contributed by atoms with van der Waals surface area (Å²) in [5, 5.41) is 2.97. The van der Waals surface area contributed by atoms with Gasteiger partial charge in [-0.05, 0) is 44.0 Å². The first-order chi connectivity index (χ1) is 12.6. The zero-order valence-corrected chi connectivity index (χ0v) is 15.1. The quantitative estimate of drug-likeness (QED) is 0.885. The van der Waals surface area contributed by atoms with Crippen molar-refractivity contribution in [3.05, 3.63) is 53.9 Å². The summed E-state index contributed by atoms with van der Waals surface area (Å²) in [5.74, 6) is 0.406. The van der Waals surface area contributed by atoms with Gasteiger partial charge in [0.15, 0.2) is 0 Å². The first kappa shape index (κ1) is 18.0. The van der Waals surface area contributed by atoms with E-state index in [0.29, 0.717) is 31.8 Å². The number of piperidine rings is 1. The Kier molecular flexibility index (Phi) is 5.55. The average molecular weight is 353 g/mol. The van der Waals surface area contributed by atoms with Crippen LogP contribution in [0.2, 0.25) is 0 Å². The summed E-state index contributed by atoms with van der Waals surface area (Å²) in [6.45, 7) is 4.68. The lowest BCUT2D eigenvalue weighted by Crippen LogP contribution is -2.47. The maximum absolute atomic E-state index is 12.9. The summed E-state index contributed by atoms with van der Waals surface area (Å²) in [4.78, 5) is 39.5. The van der Waals surface area contributed by atoms with Gasteiger partial charge in [-0.15, -0.1) is 0 Å². The Bertz CT molecular complexity index is 781. The molecule has 0 aliphatic carbocycles. The number of amides is 2. The minimum absolute atomic E-state index is 0.0611. The van der Waals surface area contributed by atoms with Crippen LogP contribution >= 0.6 is 0 Å². The van der Waals surface area contributed by atoms with Crippen molar-refractivity contribution in [2.24, 2.45) is 5.92 Å². The molecule has 1 aliphatic heterocycles. The number of carbonyl (C=O) groups excluding carboxylic acids is 2. The van der Waals surface area contributed by atoms with Crippen molar-refractivity contribution in [1.82, 2.24) is 25.2 Å². The molecule has 2 aromatic heterocycles. The molecule has 2 aromatic rings. The van der Waals surface area contributed by atoms with E-state index in [2.05, 4.69) is 20.3 Å². The number of hydrogen-bond donors (Lipinski definition) is 1.